The maximum absolute atomic E-state index is 12.5. The number of hydrogen-bond donors (Lipinski definition) is 1. The number of pyridine rings is 1. The molecule has 1 aromatic heterocycles. The highest BCUT2D eigenvalue weighted by Gasteiger charge is 2.36. The molecule has 1 fully saturated rings. The molecule has 1 saturated heterocycles. The molecule has 1 aliphatic heterocycles. The maximum Gasteiger partial charge on any atom is 0.410 e. The smallest absolute Gasteiger partial charge is 0.410 e. The van der Waals surface area contributed by atoms with Crippen molar-refractivity contribution >= 4 is 29.3 Å². The minimum absolute atomic E-state index is 0.0479. The van der Waals surface area contributed by atoms with E-state index < -0.39 is 5.60 Å². The fraction of sp³-hybridized carbons (Fsp3) is 0.440. The van der Waals surface area contributed by atoms with Crippen LogP contribution in [0.15, 0.2) is 36.5 Å². The summed E-state index contributed by atoms with van der Waals surface area (Å²) in [6.45, 7) is 6.99. The van der Waals surface area contributed by atoms with Crippen LogP contribution in [0, 0.1) is 5.92 Å². The molecular formula is C25H29ClN2O4. The summed E-state index contributed by atoms with van der Waals surface area (Å²) in [5.41, 5.74) is 4.43. The molecule has 0 spiro atoms. The zero-order chi connectivity index (χ0) is 22.9. The lowest BCUT2D eigenvalue weighted by atomic mass is 9.76. The van der Waals surface area contributed by atoms with Gasteiger partial charge in [-0.25, -0.2) is 9.68 Å². The minimum Gasteiger partial charge on any atom is -0.444 e. The van der Waals surface area contributed by atoms with E-state index in [1.54, 1.807) is 11.1 Å². The predicted molar refractivity (Wildman–Crippen MR) is 125 cm³/mol. The van der Waals surface area contributed by atoms with Crippen LogP contribution >= 0.6 is 11.6 Å². The average Bonchev–Trinajstić information content (AvgIpc) is 2.87. The summed E-state index contributed by atoms with van der Waals surface area (Å²) in [7, 11) is 0. The molecule has 1 aliphatic carbocycles. The van der Waals surface area contributed by atoms with E-state index in [9.17, 15) is 10.1 Å². The Hall–Kier alpha value is -2.41. The third kappa shape index (κ3) is 4.82. The lowest BCUT2D eigenvalue weighted by Crippen LogP contribution is -2.42. The number of halogens is 1. The zero-order valence-corrected chi connectivity index (χ0v) is 19.4. The lowest BCUT2D eigenvalue weighted by Gasteiger charge is -2.37. The molecule has 2 aliphatic rings. The third-order valence-corrected chi connectivity index (χ3v) is 6.31. The van der Waals surface area contributed by atoms with Crippen LogP contribution in [0.25, 0.3) is 11.6 Å². The van der Waals surface area contributed by atoms with Crippen LogP contribution in [0.2, 0.25) is 5.02 Å². The summed E-state index contributed by atoms with van der Waals surface area (Å²) in [6.07, 6.45) is 5.25. The van der Waals surface area contributed by atoms with Gasteiger partial charge in [-0.15, -0.1) is 0 Å². The number of fused-ring (bicyclic) bond motifs is 2. The molecule has 0 saturated carbocycles. The van der Waals surface area contributed by atoms with Crippen LogP contribution in [-0.4, -0.2) is 46.5 Å². The van der Waals surface area contributed by atoms with Gasteiger partial charge in [-0.1, -0.05) is 23.7 Å². The maximum atomic E-state index is 12.5. The van der Waals surface area contributed by atoms with Gasteiger partial charge in [0, 0.05) is 35.8 Å². The van der Waals surface area contributed by atoms with Crippen molar-refractivity contribution in [2.24, 2.45) is 5.92 Å². The first-order valence-electron chi connectivity index (χ1n) is 11.0. The van der Waals surface area contributed by atoms with Gasteiger partial charge in [0.25, 0.3) is 0 Å². The number of rotatable bonds is 3. The van der Waals surface area contributed by atoms with Gasteiger partial charge in [0.15, 0.2) is 0 Å². The topological polar surface area (TPSA) is 71.9 Å². The summed E-state index contributed by atoms with van der Waals surface area (Å²) in [4.78, 5) is 23.6. The molecule has 2 aromatic rings. The second-order valence-electron chi connectivity index (χ2n) is 9.43. The Balaban J connectivity index is 1.67. The van der Waals surface area contributed by atoms with E-state index in [0.29, 0.717) is 24.0 Å². The molecule has 1 N–H and O–H groups in total. The fourth-order valence-corrected chi connectivity index (χ4v) is 4.89. The number of nitrogens with zero attached hydrogens (tertiary/aromatic N) is 2. The van der Waals surface area contributed by atoms with Crippen molar-refractivity contribution in [1.82, 2.24) is 9.88 Å². The SMILES string of the molecule is CC(C)(C)OC(=O)N1CCC(C2c3ccc(Cl)cc3C=C(COO)c3cccnc32)CC1. The van der Waals surface area contributed by atoms with Gasteiger partial charge >= 0.3 is 6.09 Å². The standard InChI is InChI=1S/C25H29ClN2O4/c1-25(2,3)32-24(29)28-11-8-16(9-12-28)22-20-7-6-19(26)14-17(20)13-18(15-31-30)21-5-4-10-27-23(21)22/h4-7,10,13-14,16,22,30H,8-9,11-12,15H2,1-3H3. The van der Waals surface area contributed by atoms with E-state index in [4.69, 9.17) is 21.3 Å². The summed E-state index contributed by atoms with van der Waals surface area (Å²) in [5.74, 6) is 0.344. The van der Waals surface area contributed by atoms with E-state index in [-0.39, 0.29) is 18.6 Å². The summed E-state index contributed by atoms with van der Waals surface area (Å²) in [5, 5.41) is 9.83. The molecule has 1 aromatic carbocycles. The lowest BCUT2D eigenvalue weighted by molar-refractivity contribution is -0.229. The Morgan fingerprint density at radius 1 is 1.25 bits per heavy atom. The Morgan fingerprint density at radius 3 is 2.69 bits per heavy atom. The van der Waals surface area contributed by atoms with Crippen LogP contribution in [-0.2, 0) is 9.62 Å². The number of benzene rings is 1. The second-order valence-corrected chi connectivity index (χ2v) is 9.87. The first-order valence-corrected chi connectivity index (χ1v) is 11.3. The van der Waals surface area contributed by atoms with E-state index in [1.807, 2.05) is 51.1 Å². The van der Waals surface area contributed by atoms with Crippen LogP contribution in [0.4, 0.5) is 4.79 Å². The van der Waals surface area contributed by atoms with Crippen molar-refractivity contribution in [3.8, 4) is 0 Å². The molecule has 4 rings (SSSR count). The number of hydrogen-bond acceptors (Lipinski definition) is 5. The molecule has 7 heteroatoms. The largest absolute Gasteiger partial charge is 0.444 e. The number of carbonyl (C=O) groups is 1. The first kappa shape index (κ1) is 22.8. The van der Waals surface area contributed by atoms with Gasteiger partial charge < -0.3 is 9.64 Å². The monoisotopic (exact) mass is 456 g/mol. The highest BCUT2D eigenvalue weighted by atomic mass is 35.5. The number of aromatic nitrogens is 1. The predicted octanol–water partition coefficient (Wildman–Crippen LogP) is 5.86. The zero-order valence-electron chi connectivity index (χ0n) is 18.7. The summed E-state index contributed by atoms with van der Waals surface area (Å²) >= 11 is 6.32. The first-order chi connectivity index (χ1) is 15.3. The van der Waals surface area contributed by atoms with Crippen LogP contribution < -0.4 is 0 Å². The molecular weight excluding hydrogens is 428 g/mol. The molecule has 0 bridgehead atoms. The van der Waals surface area contributed by atoms with Crippen LogP contribution in [0.5, 0.6) is 0 Å². The fourth-order valence-electron chi connectivity index (χ4n) is 4.71. The van der Waals surface area contributed by atoms with E-state index in [2.05, 4.69) is 11.0 Å². The van der Waals surface area contributed by atoms with Gasteiger partial charge in [0.1, 0.15) is 12.2 Å². The molecule has 0 radical (unpaired) electrons. The van der Waals surface area contributed by atoms with Gasteiger partial charge in [-0.2, -0.15) is 0 Å². The van der Waals surface area contributed by atoms with Crippen LogP contribution in [0.3, 0.4) is 0 Å². The van der Waals surface area contributed by atoms with Gasteiger partial charge in [-0.3, -0.25) is 10.2 Å². The third-order valence-electron chi connectivity index (χ3n) is 6.08. The Kier molecular flexibility index (Phi) is 6.56. The summed E-state index contributed by atoms with van der Waals surface area (Å²) < 4.78 is 5.56. The van der Waals surface area contributed by atoms with Gasteiger partial charge in [0.05, 0.1) is 5.69 Å². The molecule has 2 heterocycles. The van der Waals surface area contributed by atoms with E-state index in [0.717, 1.165) is 40.8 Å². The average molecular weight is 457 g/mol. The quantitative estimate of drug-likeness (QED) is 0.462. The highest BCUT2D eigenvalue weighted by molar-refractivity contribution is 6.30. The molecule has 1 amide bonds. The van der Waals surface area contributed by atoms with Crippen molar-refractivity contribution in [2.45, 2.75) is 45.1 Å². The normalized spacial score (nSPS) is 19.0. The Bertz CT molecular complexity index is 1020. The van der Waals surface area contributed by atoms with Crippen molar-refractivity contribution in [3.63, 3.8) is 0 Å². The van der Waals surface area contributed by atoms with Crippen molar-refractivity contribution in [2.75, 3.05) is 19.7 Å². The molecule has 6 nitrogen and oxygen atoms in total. The molecule has 1 unspecified atom stereocenters. The van der Waals surface area contributed by atoms with Gasteiger partial charge in [-0.05, 0) is 80.5 Å². The van der Waals surface area contributed by atoms with E-state index in [1.165, 1.54) is 0 Å². The number of amides is 1. The number of ether oxygens (including phenoxy) is 1. The van der Waals surface area contributed by atoms with Crippen molar-refractivity contribution in [1.29, 1.82) is 0 Å². The Morgan fingerprint density at radius 2 is 2.00 bits per heavy atom. The number of carbonyl (C=O) groups excluding carboxylic acids is 1. The second kappa shape index (κ2) is 9.22. The molecule has 170 valence electrons. The number of likely N-dealkylation sites (tertiary alicyclic amines) is 1. The molecule has 32 heavy (non-hydrogen) atoms. The summed E-state index contributed by atoms with van der Waals surface area (Å²) in [6, 6.07) is 9.84. The number of piperidine rings is 1. The van der Waals surface area contributed by atoms with Crippen molar-refractivity contribution < 1.29 is 19.7 Å². The highest BCUT2D eigenvalue weighted by Crippen LogP contribution is 2.44. The van der Waals surface area contributed by atoms with Crippen LogP contribution in [0.1, 0.15) is 61.9 Å². The van der Waals surface area contributed by atoms with Gasteiger partial charge in [0.2, 0.25) is 0 Å². The molecule has 1 atom stereocenters. The Labute approximate surface area is 193 Å². The van der Waals surface area contributed by atoms with Crippen molar-refractivity contribution in [3.05, 3.63) is 63.9 Å². The minimum atomic E-state index is -0.507. The van der Waals surface area contributed by atoms with E-state index >= 15 is 0 Å².